The maximum atomic E-state index is 15.2. The predicted octanol–water partition coefficient (Wildman–Crippen LogP) is 4.46. The number of benzene rings is 1. The van der Waals surface area contributed by atoms with Gasteiger partial charge in [-0.15, -0.1) is 0 Å². The lowest BCUT2D eigenvalue weighted by Gasteiger charge is -2.27. The normalized spacial score (nSPS) is 16.0. The Balaban J connectivity index is 1.62. The van der Waals surface area contributed by atoms with Gasteiger partial charge in [0.05, 0.1) is 36.8 Å². The number of ether oxygens (including phenoxy) is 2. The lowest BCUT2D eigenvalue weighted by molar-refractivity contribution is -0.141. The molecule has 172 valence electrons. The average Bonchev–Trinajstić information content (AvgIpc) is 2.81. The molecular weight excluding hydrogens is 432 g/mol. The van der Waals surface area contributed by atoms with Gasteiger partial charge in [0.1, 0.15) is 11.8 Å². The van der Waals surface area contributed by atoms with Crippen molar-refractivity contribution in [3.8, 4) is 22.9 Å². The number of nitrogens with zero attached hydrogens (tertiary/aromatic N) is 3. The molecule has 0 amide bonds. The van der Waals surface area contributed by atoms with Gasteiger partial charge >= 0.3 is 5.97 Å². The Hall–Kier alpha value is -3.62. The van der Waals surface area contributed by atoms with E-state index >= 15 is 4.39 Å². The number of aliphatic carboxylic acids is 1. The molecule has 33 heavy (non-hydrogen) atoms. The third-order valence-electron chi connectivity index (χ3n) is 5.75. The summed E-state index contributed by atoms with van der Waals surface area (Å²) in [7, 11) is 1.44. The number of aryl methyl sites for hydroxylation is 2. The zero-order valence-corrected chi connectivity index (χ0v) is 18.4. The summed E-state index contributed by atoms with van der Waals surface area (Å²) in [6.07, 6.45) is 3.19. The van der Waals surface area contributed by atoms with Gasteiger partial charge in [-0.1, -0.05) is 19.1 Å². The SMILES string of the molecule is COc1cc(-c2cnc(C3CCc4ccc(CC(C)C(=O)O)c(F)c4O3)c(C)n2)c(F)cn1. The third kappa shape index (κ3) is 4.48. The summed E-state index contributed by atoms with van der Waals surface area (Å²) < 4.78 is 40.5. The molecule has 0 bridgehead atoms. The van der Waals surface area contributed by atoms with Gasteiger partial charge < -0.3 is 14.6 Å². The molecule has 1 aromatic carbocycles. The fourth-order valence-electron chi connectivity index (χ4n) is 3.88. The van der Waals surface area contributed by atoms with Gasteiger partial charge in [0.15, 0.2) is 17.4 Å². The lowest BCUT2D eigenvalue weighted by Crippen LogP contribution is -2.20. The highest BCUT2D eigenvalue weighted by Gasteiger charge is 2.29. The molecule has 7 nitrogen and oxygen atoms in total. The van der Waals surface area contributed by atoms with E-state index in [0.29, 0.717) is 35.5 Å². The van der Waals surface area contributed by atoms with Crippen molar-refractivity contribution in [2.45, 2.75) is 39.2 Å². The van der Waals surface area contributed by atoms with E-state index in [1.807, 2.05) is 0 Å². The number of hydrogen-bond acceptors (Lipinski definition) is 6. The van der Waals surface area contributed by atoms with Crippen LogP contribution in [0.25, 0.3) is 11.3 Å². The van der Waals surface area contributed by atoms with Gasteiger partial charge in [-0.2, -0.15) is 0 Å². The van der Waals surface area contributed by atoms with E-state index in [0.717, 1.165) is 11.8 Å². The minimum absolute atomic E-state index is 0.0664. The zero-order valence-electron chi connectivity index (χ0n) is 18.4. The third-order valence-corrected chi connectivity index (χ3v) is 5.75. The summed E-state index contributed by atoms with van der Waals surface area (Å²) in [4.78, 5) is 23.9. The molecule has 2 atom stereocenters. The van der Waals surface area contributed by atoms with Crippen molar-refractivity contribution in [3.05, 3.63) is 64.7 Å². The van der Waals surface area contributed by atoms with Crippen molar-refractivity contribution in [1.82, 2.24) is 15.0 Å². The van der Waals surface area contributed by atoms with Gasteiger partial charge in [-0.05, 0) is 37.3 Å². The van der Waals surface area contributed by atoms with Crippen LogP contribution in [-0.2, 0) is 17.6 Å². The number of carboxylic acids is 1. The van der Waals surface area contributed by atoms with Crippen LogP contribution in [0.3, 0.4) is 0 Å². The molecule has 2 unspecified atom stereocenters. The van der Waals surface area contributed by atoms with Gasteiger partial charge in [0, 0.05) is 11.6 Å². The Morgan fingerprint density at radius 3 is 2.79 bits per heavy atom. The highest BCUT2D eigenvalue weighted by Crippen LogP contribution is 2.38. The Labute approximate surface area is 189 Å². The molecule has 3 aromatic rings. The number of aromatic nitrogens is 3. The minimum Gasteiger partial charge on any atom is -0.481 e. The summed E-state index contributed by atoms with van der Waals surface area (Å²) in [5.74, 6) is -2.42. The number of pyridine rings is 1. The first-order chi connectivity index (χ1) is 15.8. The van der Waals surface area contributed by atoms with E-state index in [4.69, 9.17) is 14.6 Å². The quantitative estimate of drug-likeness (QED) is 0.586. The van der Waals surface area contributed by atoms with Crippen molar-refractivity contribution in [3.63, 3.8) is 0 Å². The maximum absolute atomic E-state index is 15.2. The van der Waals surface area contributed by atoms with Gasteiger partial charge in [-0.3, -0.25) is 9.78 Å². The fraction of sp³-hybridized carbons (Fsp3) is 0.333. The molecule has 0 saturated carbocycles. The summed E-state index contributed by atoms with van der Waals surface area (Å²) in [5, 5.41) is 9.14. The number of carbonyl (C=O) groups is 1. The van der Waals surface area contributed by atoms with Crippen LogP contribution in [0.15, 0.2) is 30.6 Å². The minimum atomic E-state index is -0.986. The number of methoxy groups -OCH3 is 1. The largest absolute Gasteiger partial charge is 0.481 e. The van der Waals surface area contributed by atoms with E-state index in [1.54, 1.807) is 19.1 Å². The summed E-state index contributed by atoms with van der Waals surface area (Å²) >= 11 is 0. The van der Waals surface area contributed by atoms with Crippen molar-refractivity contribution >= 4 is 5.97 Å². The second-order valence-corrected chi connectivity index (χ2v) is 8.05. The summed E-state index contributed by atoms with van der Waals surface area (Å²) in [6.45, 7) is 3.27. The molecule has 1 N–H and O–H groups in total. The lowest BCUT2D eigenvalue weighted by atomic mass is 9.94. The number of fused-ring (bicyclic) bond motifs is 1. The van der Waals surface area contributed by atoms with Crippen molar-refractivity contribution in [2.75, 3.05) is 7.11 Å². The Morgan fingerprint density at radius 1 is 1.30 bits per heavy atom. The summed E-state index contributed by atoms with van der Waals surface area (Å²) in [6, 6.07) is 4.84. The molecule has 9 heteroatoms. The maximum Gasteiger partial charge on any atom is 0.306 e. The van der Waals surface area contributed by atoms with Crippen LogP contribution in [-0.4, -0.2) is 33.1 Å². The van der Waals surface area contributed by atoms with E-state index < -0.39 is 29.6 Å². The molecule has 0 spiro atoms. The van der Waals surface area contributed by atoms with E-state index in [9.17, 15) is 9.18 Å². The molecule has 4 rings (SSSR count). The number of hydrogen-bond donors (Lipinski definition) is 1. The second kappa shape index (κ2) is 9.09. The van der Waals surface area contributed by atoms with E-state index in [1.165, 1.54) is 26.3 Å². The van der Waals surface area contributed by atoms with Gasteiger partial charge in [0.2, 0.25) is 5.88 Å². The van der Waals surface area contributed by atoms with Crippen molar-refractivity contribution in [2.24, 2.45) is 5.92 Å². The predicted molar refractivity (Wildman–Crippen MR) is 115 cm³/mol. The molecule has 0 aliphatic carbocycles. The fourth-order valence-corrected chi connectivity index (χ4v) is 3.88. The van der Waals surface area contributed by atoms with E-state index in [-0.39, 0.29) is 23.6 Å². The first kappa shape index (κ1) is 22.6. The van der Waals surface area contributed by atoms with Crippen LogP contribution < -0.4 is 9.47 Å². The van der Waals surface area contributed by atoms with Crippen molar-refractivity contribution < 1.29 is 28.2 Å². The highest BCUT2D eigenvalue weighted by atomic mass is 19.1. The topological polar surface area (TPSA) is 94.4 Å². The Kier molecular flexibility index (Phi) is 6.22. The molecule has 2 aromatic heterocycles. The summed E-state index contributed by atoms with van der Waals surface area (Å²) in [5.41, 5.74) is 2.62. The highest BCUT2D eigenvalue weighted by molar-refractivity contribution is 5.70. The van der Waals surface area contributed by atoms with E-state index in [2.05, 4.69) is 15.0 Å². The van der Waals surface area contributed by atoms with Crippen LogP contribution in [0, 0.1) is 24.5 Å². The molecule has 1 aliphatic heterocycles. The monoisotopic (exact) mass is 455 g/mol. The van der Waals surface area contributed by atoms with Crippen LogP contribution in [0.1, 0.15) is 42.0 Å². The second-order valence-electron chi connectivity index (χ2n) is 8.05. The van der Waals surface area contributed by atoms with Crippen LogP contribution >= 0.6 is 0 Å². The number of halogens is 2. The van der Waals surface area contributed by atoms with Crippen LogP contribution in [0.5, 0.6) is 11.6 Å². The number of carboxylic acid groups (broad SMARTS) is 1. The molecule has 0 saturated heterocycles. The first-order valence-electron chi connectivity index (χ1n) is 10.5. The van der Waals surface area contributed by atoms with Gasteiger partial charge in [-0.25, -0.2) is 18.7 Å². The Morgan fingerprint density at radius 2 is 2.09 bits per heavy atom. The van der Waals surface area contributed by atoms with Crippen molar-refractivity contribution in [1.29, 1.82) is 0 Å². The van der Waals surface area contributed by atoms with Crippen LogP contribution in [0.2, 0.25) is 0 Å². The average molecular weight is 455 g/mol. The van der Waals surface area contributed by atoms with Crippen LogP contribution in [0.4, 0.5) is 8.78 Å². The number of rotatable bonds is 6. The first-order valence-corrected chi connectivity index (χ1v) is 10.5. The molecule has 3 heterocycles. The molecular formula is C24H23F2N3O4. The van der Waals surface area contributed by atoms with Gasteiger partial charge in [0.25, 0.3) is 0 Å². The molecule has 0 fully saturated rings. The standard InChI is InChI=1S/C24H23F2N3O4/c1-12(24(30)31)8-15-5-4-14-6-7-19(33-23(14)21(15)26)22-13(2)29-18(11-28-22)16-9-20(32-3)27-10-17(16)25/h4-5,9-12,19H,6-8H2,1-3H3,(H,30,31). The zero-order chi connectivity index (χ0) is 23.7. The Bertz CT molecular complexity index is 1220. The smallest absolute Gasteiger partial charge is 0.306 e. The molecule has 1 aliphatic rings. The molecule has 0 radical (unpaired) electrons.